The third-order valence-electron chi connectivity index (χ3n) is 6.71. The molecule has 1 fully saturated rings. The Kier molecular flexibility index (Phi) is 4.33. The van der Waals surface area contributed by atoms with Crippen LogP contribution in [0.5, 0.6) is 0 Å². The second-order valence-electron chi connectivity index (χ2n) is 8.81. The first-order chi connectivity index (χ1) is 14.1. The zero-order valence-electron chi connectivity index (χ0n) is 17.2. The Balaban J connectivity index is 1.35. The van der Waals surface area contributed by atoms with Crippen molar-refractivity contribution in [3.63, 3.8) is 0 Å². The van der Waals surface area contributed by atoms with Crippen molar-refractivity contribution in [3.05, 3.63) is 76.9 Å². The number of aryl methyl sites for hydroxylation is 2. The van der Waals surface area contributed by atoms with E-state index in [9.17, 15) is 5.26 Å². The largest absolute Gasteiger partial charge is 0.367 e. The molecule has 1 unspecified atom stereocenters. The first kappa shape index (κ1) is 18.2. The van der Waals surface area contributed by atoms with Crippen molar-refractivity contribution in [1.82, 2.24) is 4.90 Å². The molecular formula is C26H27N3. The van der Waals surface area contributed by atoms with Gasteiger partial charge in [0.2, 0.25) is 0 Å². The second kappa shape index (κ2) is 6.90. The van der Waals surface area contributed by atoms with Crippen LogP contribution < -0.4 is 5.32 Å². The summed E-state index contributed by atoms with van der Waals surface area (Å²) in [6.45, 7) is 6.11. The molecule has 3 aromatic rings. The summed E-state index contributed by atoms with van der Waals surface area (Å²) < 4.78 is 0. The van der Waals surface area contributed by atoms with E-state index in [1.54, 1.807) is 0 Å². The predicted octanol–water partition coefficient (Wildman–Crippen LogP) is 5.52. The van der Waals surface area contributed by atoms with Gasteiger partial charge in [-0.1, -0.05) is 42.5 Å². The van der Waals surface area contributed by atoms with Crippen LogP contribution in [0.3, 0.4) is 0 Å². The van der Waals surface area contributed by atoms with Crippen LogP contribution in [-0.2, 0) is 6.42 Å². The molecule has 3 heteroatoms. The topological polar surface area (TPSA) is 39.1 Å². The molecule has 29 heavy (non-hydrogen) atoms. The van der Waals surface area contributed by atoms with Crippen LogP contribution >= 0.6 is 0 Å². The minimum Gasteiger partial charge on any atom is -0.367 e. The Hall–Kier alpha value is -2.83. The van der Waals surface area contributed by atoms with Crippen LogP contribution in [0.25, 0.3) is 10.8 Å². The van der Waals surface area contributed by atoms with Crippen molar-refractivity contribution in [2.45, 2.75) is 44.7 Å². The van der Waals surface area contributed by atoms with Crippen molar-refractivity contribution >= 4 is 16.5 Å². The number of hydrogen-bond donors (Lipinski definition) is 1. The molecular weight excluding hydrogens is 354 g/mol. The van der Waals surface area contributed by atoms with Gasteiger partial charge in [0.25, 0.3) is 0 Å². The Bertz CT molecular complexity index is 1090. The fraction of sp³-hybridized carbons (Fsp3) is 0.346. The molecule has 1 aliphatic heterocycles. The Morgan fingerprint density at radius 2 is 1.69 bits per heavy atom. The number of likely N-dealkylation sites (tertiary alicyclic amines) is 1. The van der Waals surface area contributed by atoms with Gasteiger partial charge in [0.1, 0.15) is 5.54 Å². The van der Waals surface area contributed by atoms with E-state index in [-0.39, 0.29) is 0 Å². The Morgan fingerprint density at radius 1 is 1.00 bits per heavy atom. The van der Waals surface area contributed by atoms with Crippen molar-refractivity contribution in [1.29, 1.82) is 5.26 Å². The molecule has 5 rings (SSSR count). The van der Waals surface area contributed by atoms with Gasteiger partial charge in [-0.25, -0.2) is 0 Å². The van der Waals surface area contributed by atoms with Crippen molar-refractivity contribution in [2.75, 3.05) is 18.4 Å². The summed E-state index contributed by atoms with van der Waals surface area (Å²) >= 11 is 0. The highest BCUT2D eigenvalue weighted by molar-refractivity contribution is 5.91. The highest BCUT2D eigenvalue weighted by Gasteiger charge is 2.38. The van der Waals surface area contributed by atoms with E-state index < -0.39 is 5.54 Å². The summed E-state index contributed by atoms with van der Waals surface area (Å²) in [5.41, 5.74) is 5.98. The number of rotatable bonds is 3. The fourth-order valence-electron chi connectivity index (χ4n) is 5.35. The quantitative estimate of drug-likeness (QED) is 0.649. The van der Waals surface area contributed by atoms with E-state index in [1.807, 2.05) is 0 Å². The molecule has 3 aromatic carbocycles. The number of piperidine rings is 1. The molecule has 1 aliphatic carbocycles. The van der Waals surface area contributed by atoms with E-state index >= 15 is 0 Å². The molecule has 0 radical (unpaired) electrons. The summed E-state index contributed by atoms with van der Waals surface area (Å²) in [6, 6.07) is 22.9. The molecule has 1 atom stereocenters. The summed E-state index contributed by atoms with van der Waals surface area (Å²) in [5, 5.41) is 16.4. The summed E-state index contributed by atoms with van der Waals surface area (Å²) in [6.07, 6.45) is 2.78. The minimum absolute atomic E-state index is 0.439. The van der Waals surface area contributed by atoms with Crippen LogP contribution in [0.1, 0.15) is 41.1 Å². The van der Waals surface area contributed by atoms with E-state index in [4.69, 9.17) is 0 Å². The van der Waals surface area contributed by atoms with Gasteiger partial charge in [0.05, 0.1) is 6.07 Å². The first-order valence-electron chi connectivity index (χ1n) is 10.6. The Morgan fingerprint density at radius 3 is 2.38 bits per heavy atom. The van der Waals surface area contributed by atoms with Crippen LogP contribution in [0.15, 0.2) is 54.6 Å². The normalized spacial score (nSPS) is 20.5. The summed E-state index contributed by atoms with van der Waals surface area (Å²) in [7, 11) is 0. The van der Waals surface area contributed by atoms with Gasteiger partial charge in [-0.05, 0) is 78.3 Å². The van der Waals surface area contributed by atoms with E-state index in [0.717, 1.165) is 38.0 Å². The van der Waals surface area contributed by atoms with Gasteiger partial charge in [0, 0.05) is 24.8 Å². The lowest BCUT2D eigenvalue weighted by Crippen LogP contribution is -2.49. The maximum absolute atomic E-state index is 10.0. The predicted molar refractivity (Wildman–Crippen MR) is 119 cm³/mol. The summed E-state index contributed by atoms with van der Waals surface area (Å²) in [4.78, 5) is 2.59. The average molecular weight is 382 g/mol. The number of nitriles is 1. The SMILES string of the molecule is Cc1cc(C)cc(NC2(C#N)CCN(C3Cc4cccc5cccc3c45)CC2)c1. The molecule has 3 nitrogen and oxygen atoms in total. The highest BCUT2D eigenvalue weighted by Crippen LogP contribution is 2.42. The molecule has 0 spiro atoms. The molecule has 0 bridgehead atoms. The van der Waals surface area contributed by atoms with Gasteiger partial charge in [-0.3, -0.25) is 4.90 Å². The van der Waals surface area contributed by atoms with E-state index in [2.05, 4.69) is 84.7 Å². The van der Waals surface area contributed by atoms with E-state index in [0.29, 0.717) is 6.04 Å². The lowest BCUT2D eigenvalue weighted by Gasteiger charge is -2.41. The smallest absolute Gasteiger partial charge is 0.127 e. The molecule has 1 N–H and O–H groups in total. The molecule has 0 aromatic heterocycles. The third-order valence-corrected chi connectivity index (χ3v) is 6.71. The fourth-order valence-corrected chi connectivity index (χ4v) is 5.35. The maximum atomic E-state index is 10.0. The first-order valence-corrected chi connectivity index (χ1v) is 10.6. The second-order valence-corrected chi connectivity index (χ2v) is 8.81. The number of nitrogens with zero attached hydrogens (tertiary/aromatic N) is 2. The van der Waals surface area contributed by atoms with E-state index in [1.165, 1.54) is 33.0 Å². The zero-order chi connectivity index (χ0) is 20.0. The molecule has 146 valence electrons. The lowest BCUT2D eigenvalue weighted by atomic mass is 9.87. The molecule has 1 heterocycles. The molecule has 2 aliphatic rings. The average Bonchev–Trinajstić information content (AvgIpc) is 3.09. The monoisotopic (exact) mass is 381 g/mol. The maximum Gasteiger partial charge on any atom is 0.127 e. The van der Waals surface area contributed by atoms with Crippen LogP contribution in [0, 0.1) is 25.2 Å². The van der Waals surface area contributed by atoms with Gasteiger partial charge in [-0.2, -0.15) is 5.26 Å². The molecule has 0 saturated carbocycles. The molecule has 1 saturated heterocycles. The molecule has 0 amide bonds. The van der Waals surface area contributed by atoms with Gasteiger partial charge in [0.15, 0.2) is 0 Å². The summed E-state index contributed by atoms with van der Waals surface area (Å²) in [5.74, 6) is 0. The van der Waals surface area contributed by atoms with Crippen molar-refractivity contribution < 1.29 is 0 Å². The number of nitrogens with one attached hydrogen (secondary N) is 1. The van der Waals surface area contributed by atoms with Crippen LogP contribution in [-0.4, -0.2) is 23.5 Å². The minimum atomic E-state index is -0.478. The van der Waals surface area contributed by atoms with Gasteiger partial charge < -0.3 is 5.32 Å². The third kappa shape index (κ3) is 3.18. The number of anilines is 1. The standard InChI is InChI=1S/C26H27N3/c1-18-13-19(2)15-22(14-18)28-26(17-27)9-11-29(12-10-26)24-16-21-7-3-5-20-6-4-8-23(24)25(20)21/h3-8,13-15,24,28H,9-12,16H2,1-2H3. The van der Waals surface area contributed by atoms with Crippen LogP contribution in [0.4, 0.5) is 5.69 Å². The number of benzene rings is 3. The van der Waals surface area contributed by atoms with Crippen LogP contribution in [0.2, 0.25) is 0 Å². The zero-order valence-corrected chi connectivity index (χ0v) is 17.2. The van der Waals surface area contributed by atoms with Gasteiger partial charge in [-0.15, -0.1) is 0 Å². The van der Waals surface area contributed by atoms with Crippen molar-refractivity contribution in [2.24, 2.45) is 0 Å². The van der Waals surface area contributed by atoms with Crippen molar-refractivity contribution in [3.8, 4) is 6.07 Å². The lowest BCUT2D eigenvalue weighted by molar-refractivity contribution is 0.144. The Labute approximate surface area is 173 Å². The van der Waals surface area contributed by atoms with Gasteiger partial charge >= 0.3 is 0 Å². The number of hydrogen-bond acceptors (Lipinski definition) is 3. The highest BCUT2D eigenvalue weighted by atomic mass is 15.2.